The third-order valence-corrected chi connectivity index (χ3v) is 2.38. The highest BCUT2D eigenvalue weighted by Gasteiger charge is 1.98. The Morgan fingerprint density at radius 2 is 2.19 bits per heavy atom. The number of esters is 1. The number of carbonyl (C=O) groups is 1. The van der Waals surface area contributed by atoms with Crippen LogP contribution in [0.25, 0.3) is 10.9 Å². The molecule has 0 radical (unpaired) electrons. The van der Waals surface area contributed by atoms with Gasteiger partial charge in [-0.3, -0.25) is 0 Å². The van der Waals surface area contributed by atoms with Gasteiger partial charge in [0.15, 0.2) is 0 Å². The van der Waals surface area contributed by atoms with Crippen LogP contribution in [-0.4, -0.2) is 17.6 Å². The Morgan fingerprint density at radius 3 is 2.94 bits per heavy atom. The predicted octanol–water partition coefficient (Wildman–Crippen LogP) is 1.70. The molecule has 1 aromatic carbocycles. The van der Waals surface area contributed by atoms with E-state index >= 15 is 0 Å². The summed E-state index contributed by atoms with van der Waals surface area (Å²) in [5, 5.41) is 1.11. The van der Waals surface area contributed by atoms with Crippen LogP contribution in [0.3, 0.4) is 0 Å². The third-order valence-electron chi connectivity index (χ3n) is 2.38. The Kier molecular flexibility index (Phi) is 2.65. The Labute approximate surface area is 93.6 Å². The molecular weight excluding hydrogens is 202 g/mol. The number of ether oxygens (including phenoxy) is 1. The number of fused-ring (bicyclic) bond motifs is 1. The Morgan fingerprint density at radius 1 is 1.38 bits per heavy atom. The Hall–Kier alpha value is -2.21. The van der Waals surface area contributed by atoms with Crippen molar-refractivity contribution < 1.29 is 9.53 Å². The number of nitrogens with zero attached hydrogens (tertiary/aromatic N) is 1. The van der Waals surface area contributed by atoms with E-state index in [0.717, 1.165) is 16.5 Å². The van der Waals surface area contributed by atoms with Gasteiger partial charge in [-0.25, -0.2) is 4.79 Å². The molecular formula is C13H11NO2. The number of methoxy groups -OCH3 is 1. The predicted molar refractivity (Wildman–Crippen MR) is 61.8 cm³/mol. The monoisotopic (exact) mass is 213 g/mol. The van der Waals surface area contributed by atoms with Crippen molar-refractivity contribution in [2.45, 2.75) is 0 Å². The molecule has 0 spiro atoms. The summed E-state index contributed by atoms with van der Waals surface area (Å²) >= 11 is 0. The van der Waals surface area contributed by atoms with Crippen LogP contribution in [0.15, 0.2) is 30.5 Å². The van der Waals surface area contributed by atoms with Gasteiger partial charge in [-0.2, -0.15) is 0 Å². The summed E-state index contributed by atoms with van der Waals surface area (Å²) in [6.07, 6.45) is 1.99. The molecule has 80 valence electrons. The van der Waals surface area contributed by atoms with Crippen LogP contribution in [0.5, 0.6) is 0 Å². The van der Waals surface area contributed by atoms with E-state index in [1.165, 1.54) is 7.11 Å². The molecule has 0 aliphatic carbocycles. The maximum absolute atomic E-state index is 10.9. The first-order valence-corrected chi connectivity index (χ1v) is 4.86. The summed E-state index contributed by atoms with van der Waals surface area (Å²) in [5.74, 6) is 4.64. The van der Waals surface area contributed by atoms with E-state index in [9.17, 15) is 4.79 Å². The van der Waals surface area contributed by atoms with Crippen LogP contribution in [0.1, 0.15) is 5.56 Å². The van der Waals surface area contributed by atoms with E-state index in [1.54, 1.807) is 0 Å². The Balaban J connectivity index is 2.39. The molecule has 0 aliphatic heterocycles. The van der Waals surface area contributed by atoms with Crippen molar-refractivity contribution in [3.63, 3.8) is 0 Å². The highest BCUT2D eigenvalue weighted by atomic mass is 16.5. The lowest BCUT2D eigenvalue weighted by Gasteiger charge is -1.96. The lowest BCUT2D eigenvalue weighted by atomic mass is 10.1. The van der Waals surface area contributed by atoms with E-state index in [1.807, 2.05) is 42.1 Å². The molecule has 0 bridgehead atoms. The first kappa shape index (κ1) is 10.3. The molecule has 0 atom stereocenters. The number of aromatic nitrogens is 1. The minimum Gasteiger partial charge on any atom is -0.459 e. The molecule has 0 unspecified atom stereocenters. The topological polar surface area (TPSA) is 31.2 Å². The standard InChI is InChI=1S/C13H11NO2/c1-14-8-7-11-9-10(3-5-12(11)14)4-6-13(15)16-2/h3,5,7-9H,1-2H3. The molecule has 0 amide bonds. The van der Waals surface area contributed by atoms with Crippen molar-refractivity contribution in [2.24, 2.45) is 7.05 Å². The normalized spacial score (nSPS) is 9.62. The van der Waals surface area contributed by atoms with Crippen LogP contribution >= 0.6 is 0 Å². The summed E-state index contributed by atoms with van der Waals surface area (Å²) in [5.41, 5.74) is 1.95. The zero-order chi connectivity index (χ0) is 11.5. The number of hydrogen-bond donors (Lipinski definition) is 0. The quantitative estimate of drug-likeness (QED) is 0.492. The molecule has 16 heavy (non-hydrogen) atoms. The molecule has 0 N–H and O–H groups in total. The average Bonchev–Trinajstić information content (AvgIpc) is 2.67. The molecule has 2 rings (SSSR count). The SMILES string of the molecule is COC(=O)C#Cc1ccc2c(ccn2C)c1. The van der Waals surface area contributed by atoms with Crippen LogP contribution in [0, 0.1) is 11.8 Å². The van der Waals surface area contributed by atoms with E-state index < -0.39 is 5.97 Å². The van der Waals surface area contributed by atoms with Gasteiger partial charge in [-0.1, -0.05) is 5.92 Å². The molecule has 0 saturated carbocycles. The van der Waals surface area contributed by atoms with Gasteiger partial charge in [0.2, 0.25) is 0 Å². The van der Waals surface area contributed by atoms with E-state index in [0.29, 0.717) is 0 Å². The molecule has 0 fully saturated rings. The van der Waals surface area contributed by atoms with Crippen molar-refractivity contribution in [1.29, 1.82) is 0 Å². The van der Waals surface area contributed by atoms with Crippen molar-refractivity contribution in [3.05, 3.63) is 36.0 Å². The van der Waals surface area contributed by atoms with E-state index in [-0.39, 0.29) is 0 Å². The van der Waals surface area contributed by atoms with Gasteiger partial charge in [-0.15, -0.1) is 0 Å². The van der Waals surface area contributed by atoms with Crippen LogP contribution in [0.2, 0.25) is 0 Å². The van der Waals surface area contributed by atoms with Gasteiger partial charge < -0.3 is 9.30 Å². The first-order chi connectivity index (χ1) is 7.70. The minimum atomic E-state index is -0.520. The van der Waals surface area contributed by atoms with Crippen LogP contribution in [-0.2, 0) is 16.6 Å². The van der Waals surface area contributed by atoms with Crippen LogP contribution in [0.4, 0.5) is 0 Å². The second kappa shape index (κ2) is 4.11. The van der Waals surface area contributed by atoms with Gasteiger partial charge in [0.25, 0.3) is 0 Å². The summed E-state index contributed by atoms with van der Waals surface area (Å²) in [4.78, 5) is 10.9. The maximum atomic E-state index is 10.9. The number of aryl methyl sites for hydroxylation is 1. The molecule has 2 aromatic rings. The number of carbonyl (C=O) groups excluding carboxylic acids is 1. The molecule has 0 saturated heterocycles. The van der Waals surface area contributed by atoms with E-state index in [2.05, 4.69) is 16.6 Å². The van der Waals surface area contributed by atoms with E-state index in [4.69, 9.17) is 0 Å². The zero-order valence-corrected chi connectivity index (χ0v) is 9.15. The van der Waals surface area contributed by atoms with Crippen molar-refractivity contribution in [3.8, 4) is 11.8 Å². The second-order valence-corrected chi connectivity index (χ2v) is 3.44. The maximum Gasteiger partial charge on any atom is 0.384 e. The minimum absolute atomic E-state index is 0.520. The fraction of sp³-hybridized carbons (Fsp3) is 0.154. The van der Waals surface area contributed by atoms with Crippen LogP contribution < -0.4 is 0 Å². The zero-order valence-electron chi connectivity index (χ0n) is 9.15. The second-order valence-electron chi connectivity index (χ2n) is 3.44. The highest BCUT2D eigenvalue weighted by molar-refractivity contribution is 5.89. The lowest BCUT2D eigenvalue weighted by molar-refractivity contribution is -0.133. The van der Waals surface area contributed by atoms with Crippen molar-refractivity contribution in [1.82, 2.24) is 4.57 Å². The highest BCUT2D eigenvalue weighted by Crippen LogP contribution is 2.15. The smallest absolute Gasteiger partial charge is 0.384 e. The number of benzene rings is 1. The summed E-state index contributed by atoms with van der Waals surface area (Å²) in [6.45, 7) is 0. The fourth-order valence-electron chi connectivity index (χ4n) is 1.53. The van der Waals surface area contributed by atoms with Gasteiger partial charge >= 0.3 is 5.97 Å². The Bertz CT molecular complexity index is 599. The van der Waals surface area contributed by atoms with Gasteiger partial charge in [0.1, 0.15) is 0 Å². The van der Waals surface area contributed by atoms with Gasteiger partial charge in [0.05, 0.1) is 7.11 Å². The fourth-order valence-corrected chi connectivity index (χ4v) is 1.53. The van der Waals surface area contributed by atoms with Crippen molar-refractivity contribution >= 4 is 16.9 Å². The average molecular weight is 213 g/mol. The lowest BCUT2D eigenvalue weighted by Crippen LogP contribution is -1.94. The molecule has 3 heteroatoms. The first-order valence-electron chi connectivity index (χ1n) is 4.86. The van der Waals surface area contributed by atoms with Gasteiger partial charge in [0, 0.05) is 35.6 Å². The summed E-state index contributed by atoms with van der Waals surface area (Å²) in [6, 6.07) is 7.83. The molecule has 1 aromatic heterocycles. The van der Waals surface area contributed by atoms with Gasteiger partial charge in [-0.05, 0) is 24.3 Å². The summed E-state index contributed by atoms with van der Waals surface area (Å²) in [7, 11) is 3.31. The third kappa shape index (κ3) is 1.91. The molecule has 1 heterocycles. The molecule has 3 nitrogen and oxygen atoms in total. The summed E-state index contributed by atoms with van der Waals surface area (Å²) < 4.78 is 6.48. The number of rotatable bonds is 0. The number of hydrogen-bond acceptors (Lipinski definition) is 2. The largest absolute Gasteiger partial charge is 0.459 e. The molecule has 0 aliphatic rings. The van der Waals surface area contributed by atoms with Crippen molar-refractivity contribution in [2.75, 3.05) is 7.11 Å².